The van der Waals surface area contributed by atoms with Crippen LogP contribution in [0.4, 0.5) is 10.8 Å². The lowest BCUT2D eigenvalue weighted by atomic mass is 10.0. The SMILES string of the molecule is CC(C)CN(CC(O)C(Cc1ccccc1)NC(=O)O)S(=O)(=O)c1ccc2nc(N(C)C)oc2c1. The Bertz CT molecular complexity index is 1240. The van der Waals surface area contributed by atoms with E-state index in [9.17, 15) is 23.4 Å². The number of carboxylic acid groups (broad SMARTS) is 1. The minimum absolute atomic E-state index is 0.00473. The van der Waals surface area contributed by atoms with Gasteiger partial charge in [-0.05, 0) is 30.0 Å². The molecule has 11 heteroatoms. The molecule has 0 spiro atoms. The lowest BCUT2D eigenvalue weighted by Crippen LogP contribution is -2.50. The smallest absolute Gasteiger partial charge is 0.404 e. The Hall–Kier alpha value is -3.15. The summed E-state index contributed by atoms with van der Waals surface area (Å²) in [5, 5.41) is 22.6. The molecule has 0 bridgehead atoms. The molecular weight excluding hydrogens is 472 g/mol. The first-order valence-corrected chi connectivity index (χ1v) is 12.7. The first-order chi connectivity index (χ1) is 16.5. The third-order valence-corrected chi connectivity index (χ3v) is 7.23. The zero-order chi connectivity index (χ0) is 25.8. The Morgan fingerprint density at radius 1 is 1.11 bits per heavy atom. The van der Waals surface area contributed by atoms with Crippen LogP contribution in [0, 0.1) is 5.92 Å². The van der Waals surface area contributed by atoms with Crippen molar-refractivity contribution in [3.05, 3.63) is 54.1 Å². The van der Waals surface area contributed by atoms with Crippen LogP contribution < -0.4 is 10.2 Å². The summed E-state index contributed by atoms with van der Waals surface area (Å²) in [6.45, 7) is 3.60. The average molecular weight is 505 g/mol. The lowest BCUT2D eigenvalue weighted by molar-refractivity contribution is 0.0980. The van der Waals surface area contributed by atoms with Crippen LogP contribution in [0.1, 0.15) is 19.4 Å². The molecular formula is C24H32N4O6S. The maximum atomic E-state index is 13.6. The second kappa shape index (κ2) is 11.1. The molecule has 0 radical (unpaired) electrons. The highest BCUT2D eigenvalue weighted by molar-refractivity contribution is 7.89. The molecule has 0 aliphatic rings. The number of amides is 1. The molecule has 3 rings (SSSR count). The van der Waals surface area contributed by atoms with Gasteiger partial charge < -0.3 is 24.8 Å². The Kier molecular flexibility index (Phi) is 8.36. The number of hydrogen-bond acceptors (Lipinski definition) is 7. The summed E-state index contributed by atoms with van der Waals surface area (Å²) in [6.07, 6.45) is -2.37. The zero-order valence-corrected chi connectivity index (χ0v) is 21.1. The molecule has 1 heterocycles. The Labute approximate surface area is 205 Å². The molecule has 0 aliphatic carbocycles. The van der Waals surface area contributed by atoms with Crippen LogP contribution in [0.15, 0.2) is 57.8 Å². The fourth-order valence-corrected chi connectivity index (χ4v) is 5.35. The van der Waals surface area contributed by atoms with E-state index in [1.807, 2.05) is 44.2 Å². The largest absolute Gasteiger partial charge is 0.465 e. The van der Waals surface area contributed by atoms with Crippen LogP contribution in [-0.2, 0) is 16.4 Å². The van der Waals surface area contributed by atoms with Crippen molar-refractivity contribution in [3.63, 3.8) is 0 Å². The van der Waals surface area contributed by atoms with Crippen molar-refractivity contribution >= 4 is 33.2 Å². The topological polar surface area (TPSA) is 136 Å². The van der Waals surface area contributed by atoms with Gasteiger partial charge in [-0.2, -0.15) is 9.29 Å². The number of rotatable bonds is 11. The number of aliphatic hydroxyl groups excluding tert-OH is 1. The van der Waals surface area contributed by atoms with E-state index in [-0.39, 0.29) is 30.3 Å². The molecule has 2 atom stereocenters. The first kappa shape index (κ1) is 26.5. The molecule has 0 fully saturated rings. The number of carbonyl (C=O) groups is 1. The summed E-state index contributed by atoms with van der Waals surface area (Å²) in [7, 11) is -0.494. The second-order valence-electron chi connectivity index (χ2n) is 9.05. The molecule has 35 heavy (non-hydrogen) atoms. The number of aromatic nitrogens is 1. The number of nitrogens with zero attached hydrogens (tertiary/aromatic N) is 3. The van der Waals surface area contributed by atoms with E-state index >= 15 is 0 Å². The summed E-state index contributed by atoms with van der Waals surface area (Å²) in [5.74, 6) is -0.0358. The fourth-order valence-electron chi connectivity index (χ4n) is 3.72. The summed E-state index contributed by atoms with van der Waals surface area (Å²) < 4.78 is 34.0. The quantitative estimate of drug-likeness (QED) is 0.363. The molecule has 190 valence electrons. The number of fused-ring (bicyclic) bond motifs is 1. The molecule has 1 amide bonds. The number of oxazole rings is 1. The molecule has 3 N–H and O–H groups in total. The van der Waals surface area contributed by atoms with Crippen LogP contribution in [0.5, 0.6) is 0 Å². The summed E-state index contributed by atoms with van der Waals surface area (Å²) in [4.78, 5) is 17.4. The molecule has 2 unspecified atom stereocenters. The predicted octanol–water partition coefficient (Wildman–Crippen LogP) is 2.78. The Morgan fingerprint density at radius 2 is 1.80 bits per heavy atom. The third kappa shape index (κ3) is 6.71. The van der Waals surface area contributed by atoms with E-state index in [0.717, 1.165) is 5.56 Å². The summed E-state index contributed by atoms with van der Waals surface area (Å²) in [5.41, 5.74) is 1.67. The molecule has 1 aromatic heterocycles. The van der Waals surface area contributed by atoms with Gasteiger partial charge in [-0.25, -0.2) is 13.2 Å². The van der Waals surface area contributed by atoms with Gasteiger partial charge in [0.2, 0.25) is 10.0 Å². The van der Waals surface area contributed by atoms with Crippen LogP contribution in [0.2, 0.25) is 0 Å². The highest BCUT2D eigenvalue weighted by atomic mass is 32.2. The number of hydrogen-bond donors (Lipinski definition) is 3. The first-order valence-electron chi connectivity index (χ1n) is 11.3. The normalized spacial score (nSPS) is 13.8. The minimum Gasteiger partial charge on any atom is -0.465 e. The minimum atomic E-state index is -4.03. The van der Waals surface area contributed by atoms with Crippen molar-refractivity contribution in [2.75, 3.05) is 32.1 Å². The maximum Gasteiger partial charge on any atom is 0.404 e. The van der Waals surface area contributed by atoms with Gasteiger partial charge in [-0.15, -0.1) is 0 Å². The van der Waals surface area contributed by atoms with Gasteiger partial charge in [0.15, 0.2) is 5.58 Å². The molecule has 10 nitrogen and oxygen atoms in total. The molecule has 0 aliphatic heterocycles. The monoisotopic (exact) mass is 504 g/mol. The Morgan fingerprint density at radius 3 is 2.40 bits per heavy atom. The van der Waals surface area contributed by atoms with E-state index in [4.69, 9.17) is 4.42 Å². The summed E-state index contributed by atoms with van der Waals surface area (Å²) >= 11 is 0. The molecule has 2 aromatic carbocycles. The van der Waals surface area contributed by atoms with Crippen LogP contribution in [-0.4, -0.2) is 73.3 Å². The van der Waals surface area contributed by atoms with E-state index < -0.39 is 28.3 Å². The van der Waals surface area contributed by atoms with Crippen LogP contribution in [0.3, 0.4) is 0 Å². The van der Waals surface area contributed by atoms with Crippen molar-refractivity contribution in [2.45, 2.75) is 37.3 Å². The van der Waals surface area contributed by atoms with Crippen LogP contribution in [0.25, 0.3) is 11.1 Å². The van der Waals surface area contributed by atoms with Crippen LogP contribution >= 0.6 is 0 Å². The lowest BCUT2D eigenvalue weighted by Gasteiger charge is -2.30. The van der Waals surface area contributed by atoms with Crippen molar-refractivity contribution < 1.29 is 27.8 Å². The van der Waals surface area contributed by atoms with Gasteiger partial charge in [-0.1, -0.05) is 44.2 Å². The molecule has 0 saturated heterocycles. The van der Waals surface area contributed by atoms with Crippen molar-refractivity contribution in [2.24, 2.45) is 5.92 Å². The Balaban J connectivity index is 1.90. The summed E-state index contributed by atoms with van der Waals surface area (Å²) in [6, 6.07) is 13.0. The predicted molar refractivity (Wildman–Crippen MR) is 133 cm³/mol. The second-order valence-corrected chi connectivity index (χ2v) is 11.0. The average Bonchev–Trinajstić information content (AvgIpc) is 3.22. The van der Waals surface area contributed by atoms with Gasteiger partial charge in [-0.3, -0.25) is 0 Å². The van der Waals surface area contributed by atoms with Crippen molar-refractivity contribution in [1.82, 2.24) is 14.6 Å². The van der Waals surface area contributed by atoms with Crippen molar-refractivity contribution in [3.8, 4) is 0 Å². The molecule has 0 saturated carbocycles. The third-order valence-electron chi connectivity index (χ3n) is 5.40. The maximum absolute atomic E-state index is 13.6. The highest BCUT2D eigenvalue weighted by Crippen LogP contribution is 2.26. The number of nitrogens with one attached hydrogen (secondary N) is 1. The fraction of sp³-hybridized carbons (Fsp3) is 0.417. The van der Waals surface area contributed by atoms with E-state index in [0.29, 0.717) is 17.1 Å². The number of anilines is 1. The van der Waals surface area contributed by atoms with Crippen molar-refractivity contribution in [1.29, 1.82) is 0 Å². The van der Waals surface area contributed by atoms with Gasteiger partial charge in [0, 0.05) is 33.3 Å². The standard InChI is InChI=1S/C24H32N4O6S/c1-16(2)14-28(15-21(29)20(26-24(30)31)12-17-8-6-5-7-9-17)35(32,33)18-10-11-19-22(13-18)34-23(25-19)27(3)4/h5-11,13,16,20-21,26,29H,12,14-15H2,1-4H3,(H,30,31). The van der Waals surface area contributed by atoms with E-state index in [1.54, 1.807) is 25.1 Å². The van der Waals surface area contributed by atoms with Gasteiger partial charge in [0.05, 0.1) is 17.0 Å². The highest BCUT2D eigenvalue weighted by Gasteiger charge is 2.31. The van der Waals surface area contributed by atoms with Gasteiger partial charge in [0.25, 0.3) is 6.01 Å². The number of aliphatic hydroxyl groups is 1. The van der Waals surface area contributed by atoms with E-state index in [2.05, 4.69) is 10.3 Å². The number of benzene rings is 2. The number of sulfonamides is 1. The molecule has 3 aromatic rings. The van der Waals surface area contributed by atoms with E-state index in [1.165, 1.54) is 16.4 Å². The zero-order valence-electron chi connectivity index (χ0n) is 20.2. The van der Waals surface area contributed by atoms with Gasteiger partial charge in [0.1, 0.15) is 5.52 Å². The van der Waals surface area contributed by atoms with Gasteiger partial charge >= 0.3 is 6.09 Å².